The van der Waals surface area contributed by atoms with Crippen molar-refractivity contribution in [2.45, 2.75) is 109 Å². The molecule has 0 bridgehead atoms. The molecular weight excluding hydrogens is 673 g/mol. The van der Waals surface area contributed by atoms with Gasteiger partial charge in [0.05, 0.1) is 30.2 Å². The first-order chi connectivity index (χ1) is 23.8. The highest BCUT2D eigenvalue weighted by atomic mass is 32.2. The van der Waals surface area contributed by atoms with E-state index in [-0.39, 0.29) is 55.5 Å². The molecule has 276 valence electrons. The van der Waals surface area contributed by atoms with E-state index in [0.29, 0.717) is 36.2 Å². The number of alkyl halides is 3. The number of likely N-dealkylation sites (tertiary alicyclic amines) is 2. The summed E-state index contributed by atoms with van der Waals surface area (Å²) >= 11 is 0. The highest BCUT2D eigenvalue weighted by molar-refractivity contribution is 7.88. The lowest BCUT2D eigenvalue weighted by atomic mass is 9.96. The van der Waals surface area contributed by atoms with E-state index in [1.807, 2.05) is 4.90 Å². The maximum absolute atomic E-state index is 14.2. The van der Waals surface area contributed by atoms with Crippen molar-refractivity contribution in [1.82, 2.24) is 29.2 Å². The van der Waals surface area contributed by atoms with Gasteiger partial charge in [-0.05, 0) is 49.8 Å². The summed E-state index contributed by atoms with van der Waals surface area (Å²) in [4.78, 5) is 29.4. The zero-order valence-electron chi connectivity index (χ0n) is 28.8. The summed E-state index contributed by atoms with van der Waals surface area (Å²) in [5.41, 5.74) is 1.15. The Kier molecular flexibility index (Phi) is 11.3. The summed E-state index contributed by atoms with van der Waals surface area (Å²) in [6.45, 7) is 2.79. The minimum Gasteiger partial charge on any atom is -0.390 e. The van der Waals surface area contributed by atoms with E-state index in [0.717, 1.165) is 95.4 Å². The standard InChI is InChI=1S/C35H49F3N6O5S/c1-50(48,49)42-18-14-31-29(23-42)33(40-44(31)22-28(45)21-41-16-12-27(13-17-41)43-15-6-9-32(43)46)25-10-11-30(35(36,37)38)26(19-25)20-39-34(47)24-7-4-2-3-5-8-24/h10-11,19,24,27-28,45H,2-9,12-18,20-23H2,1H3,(H,39,47). The molecule has 50 heavy (non-hydrogen) atoms. The van der Waals surface area contributed by atoms with Gasteiger partial charge < -0.3 is 20.2 Å². The summed E-state index contributed by atoms with van der Waals surface area (Å²) in [6.07, 6.45) is 4.63. The first-order valence-electron chi connectivity index (χ1n) is 18.0. The van der Waals surface area contributed by atoms with E-state index >= 15 is 0 Å². The number of hydrogen-bond acceptors (Lipinski definition) is 7. The van der Waals surface area contributed by atoms with E-state index in [1.54, 1.807) is 4.68 Å². The minimum absolute atomic E-state index is 0.0110. The number of hydrogen-bond donors (Lipinski definition) is 2. The van der Waals surface area contributed by atoms with E-state index in [9.17, 15) is 36.3 Å². The first kappa shape index (κ1) is 36.8. The number of piperidine rings is 1. The average molecular weight is 723 g/mol. The highest BCUT2D eigenvalue weighted by Crippen LogP contribution is 2.37. The molecule has 1 saturated carbocycles. The lowest BCUT2D eigenvalue weighted by molar-refractivity contribution is -0.138. The third-order valence-corrected chi connectivity index (χ3v) is 12.1. The molecule has 2 amide bonds. The molecule has 0 spiro atoms. The van der Waals surface area contributed by atoms with Gasteiger partial charge in [0.15, 0.2) is 0 Å². The molecule has 1 atom stereocenters. The fraction of sp³-hybridized carbons (Fsp3) is 0.686. The van der Waals surface area contributed by atoms with Gasteiger partial charge in [-0.25, -0.2) is 8.42 Å². The Morgan fingerprint density at radius 3 is 2.36 bits per heavy atom. The topological polar surface area (TPSA) is 128 Å². The molecule has 3 fully saturated rings. The monoisotopic (exact) mass is 722 g/mol. The second-order valence-corrected chi connectivity index (χ2v) is 16.4. The third-order valence-electron chi connectivity index (χ3n) is 10.9. The van der Waals surface area contributed by atoms with Crippen molar-refractivity contribution in [3.05, 3.63) is 40.6 Å². The number of fused-ring (bicyclic) bond motifs is 1. The number of nitrogens with one attached hydrogen (secondary N) is 1. The molecule has 11 nitrogen and oxygen atoms in total. The summed E-state index contributed by atoms with van der Waals surface area (Å²) in [7, 11) is -3.56. The third kappa shape index (κ3) is 8.54. The Bertz CT molecular complexity index is 1650. The number of aromatic nitrogens is 2. The Morgan fingerprint density at radius 2 is 1.72 bits per heavy atom. The molecule has 2 saturated heterocycles. The first-order valence-corrected chi connectivity index (χ1v) is 19.8. The number of benzene rings is 1. The van der Waals surface area contributed by atoms with Crippen molar-refractivity contribution in [1.29, 1.82) is 0 Å². The number of β-amino-alcohol motifs (C(OH)–C–C–N with tert-alkyl or cyclic N) is 1. The maximum atomic E-state index is 14.2. The smallest absolute Gasteiger partial charge is 0.390 e. The minimum atomic E-state index is -4.64. The second-order valence-electron chi connectivity index (χ2n) is 14.5. The summed E-state index contributed by atoms with van der Waals surface area (Å²) in [5.74, 6) is -0.234. The molecule has 2 N–H and O–H groups in total. The van der Waals surface area contributed by atoms with Gasteiger partial charge in [0.2, 0.25) is 21.8 Å². The van der Waals surface area contributed by atoms with Gasteiger partial charge in [0, 0.05) is 87.4 Å². The molecule has 4 aliphatic rings. The number of aliphatic hydroxyl groups excluding tert-OH is 1. The Hall–Kier alpha value is -3.01. The molecule has 0 radical (unpaired) electrons. The van der Waals surface area contributed by atoms with Gasteiger partial charge in [-0.1, -0.05) is 31.7 Å². The number of amides is 2. The number of sulfonamides is 1. The molecule has 1 aromatic carbocycles. The van der Waals surface area contributed by atoms with Crippen LogP contribution in [0.2, 0.25) is 0 Å². The predicted octanol–water partition coefficient (Wildman–Crippen LogP) is 3.92. The van der Waals surface area contributed by atoms with E-state index in [4.69, 9.17) is 5.10 Å². The number of carbonyl (C=O) groups excluding carboxylic acids is 2. The van der Waals surface area contributed by atoms with E-state index in [1.165, 1.54) is 16.4 Å². The van der Waals surface area contributed by atoms with Gasteiger partial charge in [-0.15, -0.1) is 0 Å². The van der Waals surface area contributed by atoms with Crippen LogP contribution in [0.15, 0.2) is 18.2 Å². The lowest BCUT2D eigenvalue weighted by Gasteiger charge is -2.37. The Morgan fingerprint density at radius 1 is 1.00 bits per heavy atom. The molecule has 15 heteroatoms. The van der Waals surface area contributed by atoms with Gasteiger partial charge in [-0.3, -0.25) is 14.3 Å². The Labute approximate surface area is 292 Å². The summed E-state index contributed by atoms with van der Waals surface area (Å²) < 4.78 is 70.6. The van der Waals surface area contributed by atoms with Gasteiger partial charge in [-0.2, -0.15) is 22.6 Å². The van der Waals surface area contributed by atoms with Gasteiger partial charge >= 0.3 is 6.18 Å². The highest BCUT2D eigenvalue weighted by Gasteiger charge is 2.36. The Balaban J connectivity index is 1.22. The van der Waals surface area contributed by atoms with Gasteiger partial charge in [0.1, 0.15) is 0 Å². The quantitative estimate of drug-likeness (QED) is 0.356. The number of halogens is 3. The zero-order chi connectivity index (χ0) is 35.6. The summed E-state index contributed by atoms with van der Waals surface area (Å²) in [5, 5.41) is 18.8. The van der Waals surface area contributed by atoms with Crippen molar-refractivity contribution >= 4 is 21.8 Å². The molecule has 1 aliphatic carbocycles. The van der Waals surface area contributed by atoms with Crippen LogP contribution in [0.1, 0.15) is 86.6 Å². The van der Waals surface area contributed by atoms with Crippen molar-refractivity contribution < 1.29 is 36.3 Å². The molecule has 6 rings (SSSR count). The molecule has 2 aromatic rings. The van der Waals surface area contributed by atoms with Crippen LogP contribution >= 0.6 is 0 Å². The van der Waals surface area contributed by atoms with Crippen LogP contribution in [-0.4, -0.2) is 100 Å². The molecule has 1 unspecified atom stereocenters. The van der Waals surface area contributed by atoms with Crippen molar-refractivity contribution in [2.75, 3.05) is 39.0 Å². The SMILES string of the molecule is CS(=O)(=O)N1CCc2c(c(-c3ccc(C(F)(F)F)c(CNC(=O)C4CCCCCC4)c3)nn2CC(O)CN2CCC(N3CCCC3=O)CC2)C1. The van der Waals surface area contributed by atoms with Crippen LogP contribution in [0.25, 0.3) is 11.3 Å². The number of aliphatic hydroxyl groups is 1. The van der Waals surface area contributed by atoms with E-state index in [2.05, 4.69) is 10.2 Å². The molecule has 3 aliphatic heterocycles. The predicted molar refractivity (Wildman–Crippen MR) is 181 cm³/mol. The van der Waals surface area contributed by atoms with Crippen molar-refractivity contribution in [2.24, 2.45) is 5.92 Å². The van der Waals surface area contributed by atoms with Crippen LogP contribution in [0.3, 0.4) is 0 Å². The van der Waals surface area contributed by atoms with Crippen LogP contribution in [0.5, 0.6) is 0 Å². The van der Waals surface area contributed by atoms with Crippen LogP contribution in [0, 0.1) is 5.92 Å². The molecule has 1 aromatic heterocycles. The zero-order valence-corrected chi connectivity index (χ0v) is 29.6. The summed E-state index contributed by atoms with van der Waals surface area (Å²) in [6, 6.07) is 3.97. The lowest BCUT2D eigenvalue weighted by Crippen LogP contribution is -2.47. The fourth-order valence-electron chi connectivity index (χ4n) is 8.19. The molecular formula is C35H49F3N6O5S. The largest absolute Gasteiger partial charge is 0.416 e. The van der Waals surface area contributed by atoms with Gasteiger partial charge in [0.25, 0.3) is 0 Å². The number of carbonyl (C=O) groups is 2. The average Bonchev–Trinajstić information content (AvgIpc) is 3.54. The van der Waals surface area contributed by atoms with Crippen molar-refractivity contribution in [3.8, 4) is 11.3 Å². The van der Waals surface area contributed by atoms with Crippen LogP contribution in [0.4, 0.5) is 13.2 Å². The fourth-order valence-corrected chi connectivity index (χ4v) is 8.97. The maximum Gasteiger partial charge on any atom is 0.416 e. The van der Waals surface area contributed by atoms with Crippen LogP contribution < -0.4 is 5.32 Å². The molecule has 4 heterocycles. The van der Waals surface area contributed by atoms with E-state index < -0.39 is 27.9 Å². The normalized spacial score (nSPS) is 21.3. The number of rotatable bonds is 10. The van der Waals surface area contributed by atoms with Crippen molar-refractivity contribution in [3.63, 3.8) is 0 Å². The number of nitrogens with zero attached hydrogens (tertiary/aromatic N) is 5. The second kappa shape index (κ2) is 15.3. The van der Waals surface area contributed by atoms with Crippen LogP contribution in [-0.2, 0) is 51.8 Å².